The summed E-state index contributed by atoms with van der Waals surface area (Å²) in [6.45, 7) is 2.80. The van der Waals surface area contributed by atoms with Crippen LogP contribution in [0.15, 0.2) is 46.8 Å². The van der Waals surface area contributed by atoms with Crippen LogP contribution in [-0.4, -0.2) is 29.1 Å². The lowest BCUT2D eigenvalue weighted by Gasteiger charge is -2.06. The van der Waals surface area contributed by atoms with Crippen molar-refractivity contribution in [2.75, 3.05) is 17.6 Å². The molecular formula is C20H20ClN3O2S2. The third kappa shape index (κ3) is 5.47. The number of thiazole rings is 1. The first-order chi connectivity index (χ1) is 13.6. The lowest BCUT2D eigenvalue weighted by atomic mass is 10.2. The summed E-state index contributed by atoms with van der Waals surface area (Å²) >= 11 is 9.00. The molecule has 0 aliphatic carbocycles. The molecule has 1 aromatic heterocycles. The Bertz CT molecular complexity index is 990. The van der Waals surface area contributed by atoms with E-state index in [0.29, 0.717) is 28.6 Å². The highest BCUT2D eigenvalue weighted by molar-refractivity contribution is 8.01. The minimum Gasteiger partial charge on any atom is -0.355 e. The van der Waals surface area contributed by atoms with E-state index in [2.05, 4.69) is 22.5 Å². The first kappa shape index (κ1) is 20.6. The van der Waals surface area contributed by atoms with Crippen LogP contribution in [0.5, 0.6) is 0 Å². The first-order valence-corrected chi connectivity index (χ1v) is 11.1. The maximum absolute atomic E-state index is 12.4. The molecule has 3 rings (SSSR count). The number of benzene rings is 2. The number of aromatic nitrogens is 1. The number of carbonyl (C=O) groups excluding carboxylic acids is 2. The number of anilines is 1. The van der Waals surface area contributed by atoms with Gasteiger partial charge in [-0.05, 0) is 36.8 Å². The average molecular weight is 434 g/mol. The molecule has 1 heterocycles. The summed E-state index contributed by atoms with van der Waals surface area (Å²) in [6, 6.07) is 12.5. The number of amides is 2. The van der Waals surface area contributed by atoms with E-state index in [9.17, 15) is 9.59 Å². The Morgan fingerprint density at radius 2 is 2.04 bits per heavy atom. The van der Waals surface area contributed by atoms with Crippen molar-refractivity contribution < 1.29 is 9.59 Å². The van der Waals surface area contributed by atoms with E-state index in [1.807, 2.05) is 18.2 Å². The highest BCUT2D eigenvalue weighted by atomic mass is 35.5. The molecule has 0 unspecified atom stereocenters. The van der Waals surface area contributed by atoms with Gasteiger partial charge in [0.1, 0.15) is 0 Å². The van der Waals surface area contributed by atoms with Gasteiger partial charge in [-0.15, -0.1) is 11.3 Å². The largest absolute Gasteiger partial charge is 0.355 e. The number of hydrogen-bond acceptors (Lipinski definition) is 5. The van der Waals surface area contributed by atoms with Gasteiger partial charge in [0.05, 0.1) is 26.6 Å². The number of unbranched alkanes of at least 4 members (excludes halogenated alkanes) is 1. The van der Waals surface area contributed by atoms with Gasteiger partial charge in [0.2, 0.25) is 5.91 Å². The molecule has 2 amide bonds. The number of nitrogens with zero attached hydrogens (tertiary/aromatic N) is 1. The fourth-order valence-electron chi connectivity index (χ4n) is 2.47. The van der Waals surface area contributed by atoms with E-state index in [4.69, 9.17) is 11.6 Å². The zero-order valence-corrected chi connectivity index (χ0v) is 17.7. The minimum absolute atomic E-state index is 0.0189. The van der Waals surface area contributed by atoms with Gasteiger partial charge >= 0.3 is 0 Å². The van der Waals surface area contributed by atoms with E-state index < -0.39 is 0 Å². The van der Waals surface area contributed by atoms with Crippen molar-refractivity contribution in [2.45, 2.75) is 24.1 Å². The van der Waals surface area contributed by atoms with Crippen molar-refractivity contribution in [1.82, 2.24) is 10.3 Å². The van der Waals surface area contributed by atoms with E-state index in [1.165, 1.54) is 23.1 Å². The number of nitrogens with one attached hydrogen (secondary N) is 2. The lowest BCUT2D eigenvalue weighted by Crippen LogP contribution is -2.25. The summed E-state index contributed by atoms with van der Waals surface area (Å²) in [5.74, 6) is 0.109. The number of hydrogen-bond donors (Lipinski definition) is 2. The molecule has 0 saturated heterocycles. The van der Waals surface area contributed by atoms with Crippen LogP contribution < -0.4 is 10.6 Å². The Morgan fingerprint density at radius 3 is 2.82 bits per heavy atom. The maximum Gasteiger partial charge on any atom is 0.257 e. The number of rotatable bonds is 8. The third-order valence-corrected chi connectivity index (χ3v) is 6.42. The second kappa shape index (κ2) is 9.91. The van der Waals surface area contributed by atoms with Crippen molar-refractivity contribution >= 4 is 62.4 Å². The smallest absolute Gasteiger partial charge is 0.257 e. The van der Waals surface area contributed by atoms with Crippen LogP contribution in [0.4, 0.5) is 5.69 Å². The quantitative estimate of drug-likeness (QED) is 0.378. The lowest BCUT2D eigenvalue weighted by molar-refractivity contribution is -0.118. The van der Waals surface area contributed by atoms with Gasteiger partial charge in [0.15, 0.2) is 4.34 Å². The van der Waals surface area contributed by atoms with Gasteiger partial charge in [-0.3, -0.25) is 9.59 Å². The summed E-state index contributed by atoms with van der Waals surface area (Å²) in [4.78, 5) is 28.8. The van der Waals surface area contributed by atoms with Crippen LogP contribution >= 0.6 is 34.7 Å². The molecule has 3 aromatic rings. The van der Waals surface area contributed by atoms with Crippen LogP contribution in [-0.2, 0) is 4.79 Å². The van der Waals surface area contributed by atoms with Gasteiger partial charge in [-0.2, -0.15) is 0 Å². The van der Waals surface area contributed by atoms with Crippen LogP contribution in [0, 0.1) is 0 Å². The molecule has 146 valence electrons. The second-order valence-electron chi connectivity index (χ2n) is 6.09. The van der Waals surface area contributed by atoms with Crippen LogP contribution in [0.3, 0.4) is 0 Å². The number of fused-ring (bicyclic) bond motifs is 1. The Hall–Kier alpha value is -2.09. The number of thioether (sulfide) groups is 1. The topological polar surface area (TPSA) is 71.1 Å². The molecule has 28 heavy (non-hydrogen) atoms. The number of carbonyl (C=O) groups is 2. The second-order valence-corrected chi connectivity index (χ2v) is 8.75. The van der Waals surface area contributed by atoms with Gasteiger partial charge in [0, 0.05) is 12.2 Å². The Labute approximate surface area is 176 Å². The normalized spacial score (nSPS) is 10.8. The fourth-order valence-corrected chi connectivity index (χ4v) is 4.63. The SMILES string of the molecule is CCCCNC(=O)CSc1nc2ccc(NC(=O)c3ccccc3Cl)cc2s1. The molecule has 0 spiro atoms. The molecule has 0 aliphatic rings. The molecule has 0 radical (unpaired) electrons. The van der Waals surface area contributed by atoms with Crippen molar-refractivity contribution in [2.24, 2.45) is 0 Å². The summed E-state index contributed by atoms with van der Waals surface area (Å²) in [5.41, 5.74) is 1.95. The highest BCUT2D eigenvalue weighted by Gasteiger charge is 2.12. The summed E-state index contributed by atoms with van der Waals surface area (Å²) in [5, 5.41) is 6.17. The van der Waals surface area contributed by atoms with Crippen molar-refractivity contribution in [3.05, 3.63) is 53.1 Å². The molecule has 2 N–H and O–H groups in total. The van der Waals surface area contributed by atoms with E-state index in [1.54, 1.807) is 24.3 Å². The zero-order valence-electron chi connectivity index (χ0n) is 15.3. The zero-order chi connectivity index (χ0) is 19.9. The average Bonchev–Trinajstić information content (AvgIpc) is 3.09. The Kier molecular flexibility index (Phi) is 7.30. The first-order valence-electron chi connectivity index (χ1n) is 8.93. The van der Waals surface area contributed by atoms with Gasteiger partial charge in [-0.1, -0.05) is 48.8 Å². The summed E-state index contributed by atoms with van der Waals surface area (Å²) < 4.78 is 1.78. The molecule has 5 nitrogen and oxygen atoms in total. The maximum atomic E-state index is 12.4. The molecular weight excluding hydrogens is 414 g/mol. The van der Waals surface area contributed by atoms with Crippen LogP contribution in [0.25, 0.3) is 10.2 Å². The van der Waals surface area contributed by atoms with E-state index in [0.717, 1.165) is 27.4 Å². The van der Waals surface area contributed by atoms with Crippen LogP contribution in [0.2, 0.25) is 5.02 Å². The standard InChI is InChI=1S/C20H20ClN3O2S2/c1-2-3-10-22-18(25)12-27-20-24-16-9-8-13(11-17(16)28-20)23-19(26)14-6-4-5-7-15(14)21/h4-9,11H,2-3,10,12H2,1H3,(H,22,25)(H,23,26). The fraction of sp³-hybridized carbons (Fsp3) is 0.250. The predicted octanol–water partition coefficient (Wildman–Crippen LogP) is 5.21. The highest BCUT2D eigenvalue weighted by Crippen LogP contribution is 2.31. The molecule has 8 heteroatoms. The molecule has 0 saturated carbocycles. The van der Waals surface area contributed by atoms with Crippen molar-refractivity contribution in [3.8, 4) is 0 Å². The molecule has 0 fully saturated rings. The van der Waals surface area contributed by atoms with Crippen molar-refractivity contribution in [3.63, 3.8) is 0 Å². The molecule has 0 bridgehead atoms. The van der Waals surface area contributed by atoms with Gasteiger partial charge in [0.25, 0.3) is 5.91 Å². The third-order valence-electron chi connectivity index (χ3n) is 3.92. The summed E-state index contributed by atoms with van der Waals surface area (Å²) in [6.07, 6.45) is 2.04. The minimum atomic E-state index is -0.257. The monoisotopic (exact) mass is 433 g/mol. The van der Waals surface area contributed by atoms with E-state index in [-0.39, 0.29) is 11.8 Å². The van der Waals surface area contributed by atoms with Crippen LogP contribution in [0.1, 0.15) is 30.1 Å². The number of halogens is 1. The van der Waals surface area contributed by atoms with Crippen molar-refractivity contribution in [1.29, 1.82) is 0 Å². The molecule has 0 aliphatic heterocycles. The van der Waals surface area contributed by atoms with Gasteiger partial charge in [-0.25, -0.2) is 4.98 Å². The van der Waals surface area contributed by atoms with E-state index >= 15 is 0 Å². The van der Waals surface area contributed by atoms with Gasteiger partial charge < -0.3 is 10.6 Å². The summed E-state index contributed by atoms with van der Waals surface area (Å²) in [7, 11) is 0. The Morgan fingerprint density at radius 1 is 1.21 bits per heavy atom. The molecule has 2 aromatic carbocycles. The molecule has 0 atom stereocenters. The predicted molar refractivity (Wildman–Crippen MR) is 118 cm³/mol. The Balaban J connectivity index is 1.63.